The largest absolute Gasteiger partial charge is 0.421 e. The van der Waals surface area contributed by atoms with Crippen molar-refractivity contribution in [3.8, 4) is 0 Å². The number of halogens is 3. The van der Waals surface area contributed by atoms with Crippen molar-refractivity contribution in [1.29, 1.82) is 0 Å². The fourth-order valence-corrected chi connectivity index (χ4v) is 0.979. The maximum atomic E-state index is 12.3. The Bertz CT molecular complexity index is 267. The van der Waals surface area contributed by atoms with Gasteiger partial charge in [0, 0.05) is 5.41 Å². The lowest BCUT2D eigenvalue weighted by Gasteiger charge is -2.17. The number of rotatable bonds is 0. The first-order valence-corrected chi connectivity index (χ1v) is 3.75. The Labute approximate surface area is 73.7 Å². The highest BCUT2D eigenvalue weighted by molar-refractivity contribution is 5.24. The SMILES string of the molecule is CC(C)(C)c1nocc1C(F)(F)F. The van der Waals surface area contributed by atoms with Gasteiger partial charge in [0.2, 0.25) is 0 Å². The lowest BCUT2D eigenvalue weighted by atomic mass is 9.89. The topological polar surface area (TPSA) is 26.0 Å². The Morgan fingerprint density at radius 3 is 2.08 bits per heavy atom. The number of aromatic nitrogens is 1. The van der Waals surface area contributed by atoms with E-state index in [9.17, 15) is 13.2 Å². The number of hydrogen-bond acceptors (Lipinski definition) is 2. The van der Waals surface area contributed by atoms with E-state index in [0.29, 0.717) is 6.26 Å². The fourth-order valence-electron chi connectivity index (χ4n) is 0.979. The second kappa shape index (κ2) is 2.75. The van der Waals surface area contributed by atoms with E-state index in [1.165, 1.54) is 0 Å². The Balaban J connectivity index is 3.19. The van der Waals surface area contributed by atoms with Crippen LogP contribution in [0.3, 0.4) is 0 Å². The van der Waals surface area contributed by atoms with Gasteiger partial charge in [0.05, 0.1) is 0 Å². The monoisotopic (exact) mass is 193 g/mol. The molecule has 2 nitrogen and oxygen atoms in total. The number of hydrogen-bond donors (Lipinski definition) is 0. The van der Waals surface area contributed by atoms with Gasteiger partial charge in [0.15, 0.2) is 0 Å². The average Bonchev–Trinajstić information content (AvgIpc) is 2.27. The first-order chi connectivity index (χ1) is 5.73. The molecule has 0 aromatic carbocycles. The maximum absolute atomic E-state index is 12.3. The van der Waals surface area contributed by atoms with E-state index < -0.39 is 17.2 Å². The molecular weight excluding hydrogens is 183 g/mol. The molecule has 0 N–H and O–H groups in total. The highest BCUT2D eigenvalue weighted by Gasteiger charge is 2.39. The minimum absolute atomic E-state index is 0.0556. The van der Waals surface area contributed by atoms with Gasteiger partial charge in [0.1, 0.15) is 17.5 Å². The third-order valence-corrected chi connectivity index (χ3v) is 1.59. The summed E-state index contributed by atoms with van der Waals surface area (Å²) >= 11 is 0. The number of nitrogens with zero attached hydrogens (tertiary/aromatic N) is 1. The molecule has 1 heterocycles. The summed E-state index contributed by atoms with van der Waals surface area (Å²) in [6.45, 7) is 4.96. The quantitative estimate of drug-likeness (QED) is 0.633. The molecule has 1 aromatic heterocycles. The van der Waals surface area contributed by atoms with E-state index in [2.05, 4.69) is 9.68 Å². The molecule has 0 fully saturated rings. The lowest BCUT2D eigenvalue weighted by Crippen LogP contribution is -2.18. The summed E-state index contributed by atoms with van der Waals surface area (Å²) < 4.78 is 41.3. The standard InChI is InChI=1S/C8H10F3NO/c1-7(2,3)6-5(4-13-12-6)8(9,10)11/h4H,1-3H3. The molecule has 0 saturated carbocycles. The van der Waals surface area contributed by atoms with Crippen molar-refractivity contribution in [3.05, 3.63) is 17.5 Å². The van der Waals surface area contributed by atoms with E-state index in [0.717, 1.165) is 0 Å². The Morgan fingerprint density at radius 1 is 1.23 bits per heavy atom. The van der Waals surface area contributed by atoms with Crippen LogP contribution in [0, 0.1) is 0 Å². The van der Waals surface area contributed by atoms with Crippen LogP contribution >= 0.6 is 0 Å². The molecule has 0 saturated heterocycles. The van der Waals surface area contributed by atoms with E-state index in [1.54, 1.807) is 20.8 Å². The van der Waals surface area contributed by atoms with E-state index in [-0.39, 0.29) is 5.69 Å². The smallest absolute Gasteiger partial charge is 0.364 e. The summed E-state index contributed by atoms with van der Waals surface area (Å²) in [5.74, 6) is 0. The molecule has 5 heteroatoms. The fraction of sp³-hybridized carbons (Fsp3) is 0.625. The van der Waals surface area contributed by atoms with Crippen LogP contribution in [0.2, 0.25) is 0 Å². The Hall–Kier alpha value is -1.00. The van der Waals surface area contributed by atoms with Gasteiger partial charge in [-0.2, -0.15) is 13.2 Å². The van der Waals surface area contributed by atoms with Gasteiger partial charge in [-0.25, -0.2) is 0 Å². The van der Waals surface area contributed by atoms with Gasteiger partial charge in [-0.15, -0.1) is 0 Å². The number of alkyl halides is 3. The maximum Gasteiger partial charge on any atom is 0.421 e. The van der Waals surface area contributed by atoms with Crippen molar-refractivity contribution < 1.29 is 17.7 Å². The van der Waals surface area contributed by atoms with Crippen molar-refractivity contribution in [1.82, 2.24) is 5.16 Å². The molecular formula is C8H10F3NO. The predicted molar refractivity (Wildman–Crippen MR) is 40.2 cm³/mol. The molecule has 0 spiro atoms. The van der Waals surface area contributed by atoms with E-state index >= 15 is 0 Å². The van der Waals surface area contributed by atoms with Crippen molar-refractivity contribution in [2.75, 3.05) is 0 Å². The Morgan fingerprint density at radius 2 is 1.77 bits per heavy atom. The molecule has 0 unspecified atom stereocenters. The zero-order chi connectivity index (χ0) is 10.3. The molecule has 0 atom stereocenters. The van der Waals surface area contributed by atoms with Crippen LogP contribution in [0.1, 0.15) is 32.0 Å². The molecule has 0 bridgehead atoms. The summed E-state index contributed by atoms with van der Waals surface area (Å²) in [7, 11) is 0. The second-order valence-electron chi connectivity index (χ2n) is 3.82. The van der Waals surface area contributed by atoms with Gasteiger partial charge in [-0.1, -0.05) is 25.9 Å². The van der Waals surface area contributed by atoms with Gasteiger partial charge >= 0.3 is 6.18 Å². The minimum Gasteiger partial charge on any atom is -0.364 e. The van der Waals surface area contributed by atoms with Gasteiger partial charge in [-0.05, 0) is 0 Å². The molecule has 0 aliphatic heterocycles. The van der Waals surface area contributed by atoms with Gasteiger partial charge < -0.3 is 4.52 Å². The first-order valence-electron chi connectivity index (χ1n) is 3.75. The first kappa shape index (κ1) is 10.1. The predicted octanol–water partition coefficient (Wildman–Crippen LogP) is 2.99. The van der Waals surface area contributed by atoms with Crippen LogP contribution in [0.25, 0.3) is 0 Å². The molecule has 1 rings (SSSR count). The zero-order valence-electron chi connectivity index (χ0n) is 7.57. The van der Waals surface area contributed by atoms with Crippen LogP contribution in [0.15, 0.2) is 10.8 Å². The molecule has 0 aliphatic rings. The Kier molecular flexibility index (Phi) is 2.13. The highest BCUT2D eigenvalue weighted by Crippen LogP contribution is 2.36. The van der Waals surface area contributed by atoms with Crippen molar-refractivity contribution in [3.63, 3.8) is 0 Å². The molecule has 0 amide bonds. The third kappa shape index (κ3) is 2.02. The van der Waals surface area contributed by atoms with Crippen LogP contribution in [-0.4, -0.2) is 5.16 Å². The van der Waals surface area contributed by atoms with Crippen LogP contribution in [0.5, 0.6) is 0 Å². The van der Waals surface area contributed by atoms with E-state index in [4.69, 9.17) is 0 Å². The third-order valence-electron chi connectivity index (χ3n) is 1.59. The molecule has 0 aliphatic carbocycles. The summed E-state index contributed by atoms with van der Waals surface area (Å²) in [6, 6.07) is 0. The molecule has 74 valence electrons. The summed E-state index contributed by atoms with van der Waals surface area (Å²) in [4.78, 5) is 0. The second-order valence-corrected chi connectivity index (χ2v) is 3.82. The van der Waals surface area contributed by atoms with Crippen molar-refractivity contribution >= 4 is 0 Å². The van der Waals surface area contributed by atoms with Gasteiger partial charge in [0.25, 0.3) is 0 Å². The van der Waals surface area contributed by atoms with Crippen molar-refractivity contribution in [2.24, 2.45) is 0 Å². The summed E-state index contributed by atoms with van der Waals surface area (Å²) in [5, 5.41) is 3.36. The normalized spacial score (nSPS) is 13.4. The van der Waals surface area contributed by atoms with Gasteiger partial charge in [-0.3, -0.25) is 0 Å². The highest BCUT2D eigenvalue weighted by atomic mass is 19.4. The summed E-state index contributed by atoms with van der Waals surface area (Å²) in [5.41, 5.74) is -1.50. The molecule has 0 radical (unpaired) electrons. The van der Waals surface area contributed by atoms with Crippen LogP contribution in [0.4, 0.5) is 13.2 Å². The minimum atomic E-state index is -4.39. The molecule has 1 aromatic rings. The van der Waals surface area contributed by atoms with Crippen molar-refractivity contribution in [2.45, 2.75) is 32.4 Å². The zero-order valence-corrected chi connectivity index (χ0v) is 7.57. The lowest BCUT2D eigenvalue weighted by molar-refractivity contribution is -0.139. The van der Waals surface area contributed by atoms with Crippen LogP contribution in [-0.2, 0) is 11.6 Å². The van der Waals surface area contributed by atoms with Crippen LogP contribution < -0.4 is 0 Å². The average molecular weight is 193 g/mol. The molecule has 13 heavy (non-hydrogen) atoms. The van der Waals surface area contributed by atoms with E-state index in [1.807, 2.05) is 0 Å². The summed E-state index contributed by atoms with van der Waals surface area (Å²) in [6.07, 6.45) is -3.75.